The van der Waals surface area contributed by atoms with Gasteiger partial charge in [-0.3, -0.25) is 0 Å². The summed E-state index contributed by atoms with van der Waals surface area (Å²) in [6, 6.07) is 8.25. The highest BCUT2D eigenvalue weighted by atomic mass is 35.5. The minimum atomic E-state index is 0.295. The zero-order valence-corrected chi connectivity index (χ0v) is 12.8. The van der Waals surface area contributed by atoms with E-state index in [2.05, 4.69) is 45.1 Å². The molecule has 1 aromatic carbocycles. The largest absolute Gasteiger partial charge is 0.316 e. The van der Waals surface area contributed by atoms with Gasteiger partial charge in [0.15, 0.2) is 0 Å². The lowest BCUT2D eigenvalue weighted by Crippen LogP contribution is -2.38. The van der Waals surface area contributed by atoms with E-state index in [0.29, 0.717) is 11.3 Å². The second kappa shape index (κ2) is 7.16. The van der Waals surface area contributed by atoms with Gasteiger partial charge in [-0.05, 0) is 48.4 Å². The van der Waals surface area contributed by atoms with Gasteiger partial charge in [-0.25, -0.2) is 0 Å². The molecule has 0 heterocycles. The first-order valence-corrected chi connectivity index (χ1v) is 7.31. The zero-order valence-electron chi connectivity index (χ0n) is 12.1. The fourth-order valence-corrected chi connectivity index (χ4v) is 2.22. The molecule has 0 amide bonds. The van der Waals surface area contributed by atoms with Crippen LogP contribution < -0.4 is 5.32 Å². The van der Waals surface area contributed by atoms with Gasteiger partial charge in [0.25, 0.3) is 0 Å². The monoisotopic (exact) mass is 267 g/mol. The van der Waals surface area contributed by atoms with E-state index in [1.165, 1.54) is 12.0 Å². The molecular formula is C16H26ClN. The molecule has 1 aromatic rings. The molecule has 102 valence electrons. The normalized spacial score (nSPS) is 14.8. The van der Waals surface area contributed by atoms with Crippen molar-refractivity contribution >= 4 is 11.6 Å². The molecule has 0 aliphatic heterocycles. The molecule has 0 bridgehead atoms. The Kier molecular flexibility index (Phi) is 6.17. The van der Waals surface area contributed by atoms with Gasteiger partial charge in [-0.1, -0.05) is 51.4 Å². The highest BCUT2D eigenvalue weighted by Gasteiger charge is 2.28. The van der Waals surface area contributed by atoms with Crippen molar-refractivity contribution in [1.82, 2.24) is 5.32 Å². The molecule has 0 spiro atoms. The van der Waals surface area contributed by atoms with Crippen LogP contribution >= 0.6 is 11.6 Å². The Balaban J connectivity index is 2.69. The molecule has 0 radical (unpaired) electrons. The second-order valence-corrected chi connectivity index (χ2v) is 6.23. The molecule has 0 saturated carbocycles. The molecule has 1 rings (SSSR count). The summed E-state index contributed by atoms with van der Waals surface area (Å²) in [6.07, 6.45) is 2.29. The third-order valence-corrected chi connectivity index (χ3v) is 4.12. The van der Waals surface area contributed by atoms with E-state index >= 15 is 0 Å². The molecule has 2 heteroatoms. The fraction of sp³-hybridized carbons (Fsp3) is 0.625. The summed E-state index contributed by atoms with van der Waals surface area (Å²) in [4.78, 5) is 0. The predicted molar refractivity (Wildman–Crippen MR) is 81.3 cm³/mol. The lowest BCUT2D eigenvalue weighted by Gasteiger charge is -2.34. The quantitative estimate of drug-likeness (QED) is 0.715. The Morgan fingerprint density at radius 3 is 2.33 bits per heavy atom. The zero-order chi connectivity index (χ0) is 13.6. The third-order valence-electron chi connectivity index (χ3n) is 3.87. The van der Waals surface area contributed by atoms with Crippen molar-refractivity contribution in [3.8, 4) is 0 Å². The van der Waals surface area contributed by atoms with Crippen molar-refractivity contribution in [2.45, 2.75) is 40.5 Å². The van der Waals surface area contributed by atoms with Crippen LogP contribution in [0.1, 0.15) is 39.7 Å². The molecule has 18 heavy (non-hydrogen) atoms. The molecule has 0 fully saturated rings. The summed E-state index contributed by atoms with van der Waals surface area (Å²) < 4.78 is 0. The van der Waals surface area contributed by atoms with Crippen molar-refractivity contribution in [3.63, 3.8) is 0 Å². The van der Waals surface area contributed by atoms with Crippen LogP contribution in [0.3, 0.4) is 0 Å². The number of benzene rings is 1. The minimum absolute atomic E-state index is 0.295. The summed E-state index contributed by atoms with van der Waals surface area (Å²) in [6.45, 7) is 11.4. The maximum atomic E-state index is 5.94. The molecule has 0 aliphatic rings. The van der Waals surface area contributed by atoms with Crippen LogP contribution in [0.4, 0.5) is 0 Å². The van der Waals surface area contributed by atoms with E-state index in [4.69, 9.17) is 11.6 Å². The topological polar surface area (TPSA) is 12.0 Å². The van der Waals surface area contributed by atoms with E-state index in [0.717, 1.165) is 24.5 Å². The van der Waals surface area contributed by atoms with Gasteiger partial charge in [-0.15, -0.1) is 0 Å². The van der Waals surface area contributed by atoms with Crippen LogP contribution in [0.15, 0.2) is 24.3 Å². The van der Waals surface area contributed by atoms with Crippen LogP contribution in [0.2, 0.25) is 5.02 Å². The van der Waals surface area contributed by atoms with Gasteiger partial charge in [0.2, 0.25) is 0 Å². The van der Waals surface area contributed by atoms with Crippen LogP contribution in [-0.4, -0.2) is 13.1 Å². The van der Waals surface area contributed by atoms with Gasteiger partial charge in [0.05, 0.1) is 0 Å². The standard InChI is InChI=1S/C16H26ClN/c1-5-10-18-12-16(4,13(2)3)11-14-6-8-15(17)9-7-14/h6-9,13,18H,5,10-12H2,1-4H3. The van der Waals surface area contributed by atoms with Crippen molar-refractivity contribution in [2.75, 3.05) is 13.1 Å². The van der Waals surface area contributed by atoms with E-state index in [9.17, 15) is 0 Å². The Morgan fingerprint density at radius 1 is 1.22 bits per heavy atom. The van der Waals surface area contributed by atoms with E-state index in [1.807, 2.05) is 12.1 Å². The van der Waals surface area contributed by atoms with Gasteiger partial charge >= 0.3 is 0 Å². The predicted octanol–water partition coefficient (Wildman–Crippen LogP) is 4.54. The van der Waals surface area contributed by atoms with Gasteiger partial charge < -0.3 is 5.32 Å². The molecule has 1 N–H and O–H groups in total. The lowest BCUT2D eigenvalue weighted by molar-refractivity contribution is 0.207. The first kappa shape index (κ1) is 15.5. The maximum Gasteiger partial charge on any atom is 0.0406 e. The minimum Gasteiger partial charge on any atom is -0.316 e. The van der Waals surface area contributed by atoms with Gasteiger partial charge in [-0.2, -0.15) is 0 Å². The molecule has 1 unspecified atom stereocenters. The molecule has 0 saturated heterocycles. The maximum absolute atomic E-state index is 5.94. The van der Waals surface area contributed by atoms with Crippen LogP contribution in [0.25, 0.3) is 0 Å². The molecular weight excluding hydrogens is 242 g/mol. The Labute approximate surface area is 117 Å². The second-order valence-electron chi connectivity index (χ2n) is 5.79. The summed E-state index contributed by atoms with van der Waals surface area (Å²) in [5, 5.41) is 4.38. The van der Waals surface area contributed by atoms with E-state index in [1.54, 1.807) is 0 Å². The smallest absolute Gasteiger partial charge is 0.0406 e. The SMILES string of the molecule is CCCNCC(C)(Cc1ccc(Cl)cc1)C(C)C. The average molecular weight is 268 g/mol. The number of rotatable bonds is 7. The van der Waals surface area contributed by atoms with E-state index < -0.39 is 0 Å². The highest BCUT2D eigenvalue weighted by Crippen LogP contribution is 2.31. The van der Waals surface area contributed by atoms with Crippen LogP contribution in [0.5, 0.6) is 0 Å². The Hall–Kier alpha value is -0.530. The molecule has 0 aromatic heterocycles. The summed E-state index contributed by atoms with van der Waals surface area (Å²) in [5.74, 6) is 0.650. The Bertz CT molecular complexity index is 345. The van der Waals surface area contributed by atoms with Crippen molar-refractivity contribution in [1.29, 1.82) is 0 Å². The molecule has 1 nitrogen and oxygen atoms in total. The van der Waals surface area contributed by atoms with Crippen LogP contribution in [-0.2, 0) is 6.42 Å². The number of nitrogens with one attached hydrogen (secondary N) is 1. The van der Waals surface area contributed by atoms with Crippen LogP contribution in [0, 0.1) is 11.3 Å². The Morgan fingerprint density at radius 2 is 1.83 bits per heavy atom. The fourth-order valence-electron chi connectivity index (χ4n) is 2.09. The van der Waals surface area contributed by atoms with Crippen molar-refractivity contribution in [2.24, 2.45) is 11.3 Å². The van der Waals surface area contributed by atoms with E-state index in [-0.39, 0.29) is 0 Å². The van der Waals surface area contributed by atoms with Gasteiger partial charge in [0.1, 0.15) is 0 Å². The average Bonchev–Trinajstić information content (AvgIpc) is 2.32. The number of hydrogen-bond donors (Lipinski definition) is 1. The van der Waals surface area contributed by atoms with Gasteiger partial charge in [0, 0.05) is 11.6 Å². The molecule has 0 aliphatic carbocycles. The molecule has 1 atom stereocenters. The summed E-state index contributed by atoms with van der Waals surface area (Å²) in [5.41, 5.74) is 1.66. The number of halogens is 1. The first-order valence-electron chi connectivity index (χ1n) is 6.93. The third kappa shape index (κ3) is 4.62. The summed E-state index contributed by atoms with van der Waals surface area (Å²) >= 11 is 5.94. The number of hydrogen-bond acceptors (Lipinski definition) is 1. The lowest BCUT2D eigenvalue weighted by atomic mass is 9.74. The van der Waals surface area contributed by atoms with Crippen molar-refractivity contribution in [3.05, 3.63) is 34.9 Å². The highest BCUT2D eigenvalue weighted by molar-refractivity contribution is 6.30. The summed E-state index contributed by atoms with van der Waals surface area (Å²) in [7, 11) is 0. The van der Waals surface area contributed by atoms with Crippen molar-refractivity contribution < 1.29 is 0 Å². The first-order chi connectivity index (χ1) is 8.48.